The maximum atomic E-state index is 10.0. The van der Waals surface area contributed by atoms with E-state index in [-0.39, 0.29) is 23.0 Å². The van der Waals surface area contributed by atoms with Crippen LogP contribution in [0.25, 0.3) is 0 Å². The smallest absolute Gasteiger partial charge is 0.335 e. The van der Waals surface area contributed by atoms with E-state index in [1.807, 2.05) is 0 Å². The zero-order chi connectivity index (χ0) is 23.4. The summed E-state index contributed by atoms with van der Waals surface area (Å²) in [4.78, 5) is 45.6. The first-order chi connectivity index (χ1) is 13.9. The van der Waals surface area contributed by atoms with Crippen molar-refractivity contribution in [2.75, 3.05) is 11.5 Å². The van der Waals surface area contributed by atoms with Crippen LogP contribution in [0.1, 0.15) is 0 Å². The Kier molecular flexibility index (Phi) is 10.3. The van der Waals surface area contributed by atoms with E-state index < -0.39 is 34.0 Å². The normalized spacial score (nSPS) is 11.4. The molecule has 30 heavy (non-hydrogen) atoms. The molecule has 0 aromatic carbocycles. The number of carbonyl (C=O) groups is 2. The van der Waals surface area contributed by atoms with E-state index in [9.17, 15) is 29.8 Å². The van der Waals surface area contributed by atoms with Crippen molar-refractivity contribution in [2.45, 2.75) is 12.2 Å². The largest absolute Gasteiger partial charge is 0.479 e. The van der Waals surface area contributed by atoms with Crippen molar-refractivity contribution < 1.29 is 39.9 Å². The summed E-state index contributed by atoms with van der Waals surface area (Å²) < 4.78 is 0. The van der Waals surface area contributed by atoms with Crippen molar-refractivity contribution in [3.63, 3.8) is 0 Å². The summed E-state index contributed by atoms with van der Waals surface area (Å²) >= 11 is 0. The van der Waals surface area contributed by atoms with E-state index in [1.165, 1.54) is 24.3 Å². The summed E-state index contributed by atoms with van der Waals surface area (Å²) in [6, 6.07) is 5.39. The Morgan fingerprint density at radius 2 is 1.10 bits per heavy atom. The maximum Gasteiger partial charge on any atom is 0.335 e. The molecular formula is C14H16N6O10. The second-order valence-corrected chi connectivity index (χ2v) is 4.96. The van der Waals surface area contributed by atoms with Gasteiger partial charge < -0.3 is 31.9 Å². The molecular weight excluding hydrogens is 412 g/mol. The van der Waals surface area contributed by atoms with Crippen LogP contribution in [0.4, 0.5) is 23.0 Å². The lowest BCUT2D eigenvalue weighted by Gasteiger charge is -2.07. The van der Waals surface area contributed by atoms with Crippen LogP contribution in [0.15, 0.2) is 36.7 Å². The number of hydrogen-bond acceptors (Lipinski definition) is 12. The number of aliphatic hydroxyl groups excluding tert-OH is 2. The maximum absolute atomic E-state index is 10.0. The highest BCUT2D eigenvalue weighted by atomic mass is 16.6. The molecule has 2 aromatic rings. The molecule has 2 heterocycles. The third-order valence-electron chi connectivity index (χ3n) is 2.77. The molecule has 0 saturated carbocycles. The van der Waals surface area contributed by atoms with Crippen LogP contribution in [-0.4, -0.2) is 64.4 Å². The van der Waals surface area contributed by atoms with Gasteiger partial charge in [-0.05, 0) is 12.1 Å². The zero-order valence-electron chi connectivity index (χ0n) is 14.8. The second kappa shape index (κ2) is 12.1. The topological polar surface area (TPSA) is 279 Å². The van der Waals surface area contributed by atoms with E-state index in [4.69, 9.17) is 31.9 Å². The van der Waals surface area contributed by atoms with Crippen molar-refractivity contribution in [2.24, 2.45) is 0 Å². The van der Waals surface area contributed by atoms with Gasteiger partial charge in [0.05, 0.1) is 9.85 Å². The SMILES string of the molecule is Nc1ccc([N+](=O)[O-])cn1.Nc1ccc([N+](=O)[O-])cn1.O=C(O)C(O)C(O)C(=O)O. The summed E-state index contributed by atoms with van der Waals surface area (Å²) in [5.74, 6) is -2.97. The predicted molar refractivity (Wildman–Crippen MR) is 97.9 cm³/mol. The molecule has 0 amide bonds. The van der Waals surface area contributed by atoms with Crippen LogP contribution in [-0.2, 0) is 9.59 Å². The van der Waals surface area contributed by atoms with E-state index in [1.54, 1.807) is 0 Å². The van der Waals surface area contributed by atoms with Gasteiger partial charge in [-0.15, -0.1) is 0 Å². The van der Waals surface area contributed by atoms with E-state index in [0.29, 0.717) is 0 Å². The lowest BCUT2D eigenvalue weighted by Crippen LogP contribution is -2.39. The summed E-state index contributed by atoms with van der Waals surface area (Å²) in [5.41, 5.74) is 10.3. The molecule has 2 atom stereocenters. The summed E-state index contributed by atoms with van der Waals surface area (Å²) in [7, 11) is 0. The number of aliphatic carboxylic acids is 2. The van der Waals surface area contributed by atoms with Crippen LogP contribution < -0.4 is 11.5 Å². The molecule has 0 aliphatic rings. The Balaban J connectivity index is 0.000000420. The highest BCUT2D eigenvalue weighted by Gasteiger charge is 2.29. The molecule has 0 aliphatic carbocycles. The monoisotopic (exact) mass is 428 g/mol. The van der Waals surface area contributed by atoms with Crippen molar-refractivity contribution in [1.82, 2.24) is 9.97 Å². The Morgan fingerprint density at radius 3 is 1.27 bits per heavy atom. The third kappa shape index (κ3) is 9.48. The van der Waals surface area contributed by atoms with Gasteiger partial charge in [-0.1, -0.05) is 0 Å². The fraction of sp³-hybridized carbons (Fsp3) is 0.143. The quantitative estimate of drug-likeness (QED) is 0.246. The fourth-order valence-corrected chi connectivity index (χ4v) is 1.28. The predicted octanol–water partition coefficient (Wildman–Crippen LogP) is -0.979. The number of aliphatic hydroxyl groups is 2. The molecule has 162 valence electrons. The lowest BCUT2D eigenvalue weighted by molar-refractivity contribution is -0.385. The molecule has 16 heteroatoms. The van der Waals surface area contributed by atoms with Crippen LogP contribution in [0.3, 0.4) is 0 Å². The molecule has 2 rings (SSSR count). The number of carboxylic acid groups (broad SMARTS) is 2. The van der Waals surface area contributed by atoms with Crippen molar-refractivity contribution in [1.29, 1.82) is 0 Å². The molecule has 0 bridgehead atoms. The highest BCUT2D eigenvalue weighted by Crippen LogP contribution is 2.09. The van der Waals surface area contributed by atoms with Crippen molar-refractivity contribution >= 4 is 34.9 Å². The van der Waals surface area contributed by atoms with Gasteiger partial charge in [0.15, 0.2) is 12.2 Å². The summed E-state index contributed by atoms with van der Waals surface area (Å²) in [5, 5.41) is 52.6. The van der Waals surface area contributed by atoms with Gasteiger partial charge in [0.25, 0.3) is 11.4 Å². The van der Waals surface area contributed by atoms with Gasteiger partial charge in [0.2, 0.25) is 0 Å². The molecule has 2 aromatic heterocycles. The van der Waals surface area contributed by atoms with Crippen molar-refractivity contribution in [3.8, 4) is 0 Å². The van der Waals surface area contributed by atoms with Gasteiger partial charge in [-0.3, -0.25) is 20.2 Å². The van der Waals surface area contributed by atoms with Crippen molar-refractivity contribution in [3.05, 3.63) is 56.9 Å². The van der Waals surface area contributed by atoms with Gasteiger partial charge in [0, 0.05) is 12.1 Å². The molecule has 0 fully saturated rings. The minimum absolute atomic E-state index is 0.0470. The minimum atomic E-state index is -2.27. The first kappa shape index (κ1) is 25.6. The highest BCUT2D eigenvalue weighted by molar-refractivity contribution is 5.83. The average molecular weight is 428 g/mol. The van der Waals surface area contributed by atoms with E-state index in [2.05, 4.69) is 9.97 Å². The van der Waals surface area contributed by atoms with E-state index >= 15 is 0 Å². The second-order valence-electron chi connectivity index (χ2n) is 4.96. The average Bonchev–Trinajstić information content (AvgIpc) is 2.68. The first-order valence-electron chi connectivity index (χ1n) is 7.40. The molecule has 0 spiro atoms. The number of rotatable bonds is 5. The molecule has 2 unspecified atom stereocenters. The number of nitrogens with zero attached hydrogens (tertiary/aromatic N) is 4. The number of nitrogens with two attached hydrogens (primary N) is 2. The van der Waals surface area contributed by atoms with Gasteiger partial charge in [-0.2, -0.15) is 0 Å². The third-order valence-corrected chi connectivity index (χ3v) is 2.77. The van der Waals surface area contributed by atoms with Crippen LogP contribution in [0.2, 0.25) is 0 Å². The van der Waals surface area contributed by atoms with Crippen LogP contribution in [0, 0.1) is 20.2 Å². The van der Waals surface area contributed by atoms with Gasteiger partial charge in [-0.25, -0.2) is 19.6 Å². The Bertz CT molecular complexity index is 800. The van der Waals surface area contributed by atoms with Gasteiger partial charge in [0.1, 0.15) is 24.0 Å². The van der Waals surface area contributed by atoms with E-state index in [0.717, 1.165) is 12.4 Å². The van der Waals surface area contributed by atoms with Crippen LogP contribution in [0.5, 0.6) is 0 Å². The lowest BCUT2D eigenvalue weighted by atomic mass is 10.2. The molecule has 0 saturated heterocycles. The number of aromatic nitrogens is 2. The number of carboxylic acids is 2. The first-order valence-corrected chi connectivity index (χ1v) is 7.40. The summed E-state index contributed by atoms with van der Waals surface area (Å²) in [6.07, 6.45) is -2.29. The number of nitro groups is 2. The number of hydrogen-bond donors (Lipinski definition) is 6. The molecule has 0 radical (unpaired) electrons. The van der Waals surface area contributed by atoms with Crippen LogP contribution >= 0.6 is 0 Å². The zero-order valence-corrected chi connectivity index (χ0v) is 14.8. The molecule has 0 aliphatic heterocycles. The minimum Gasteiger partial charge on any atom is -0.479 e. The summed E-state index contributed by atoms with van der Waals surface area (Å²) in [6.45, 7) is 0. The number of anilines is 2. The standard InChI is InChI=1S/2C5H5N3O2.C4H6O6/c2*6-5-2-1-4(3-7-5)8(9)10;5-1(3(7)8)2(6)4(9)10/h2*1-3H,(H2,6,7);1-2,5-6H,(H,7,8)(H,9,10). The van der Waals surface area contributed by atoms with Gasteiger partial charge >= 0.3 is 11.9 Å². The Labute approximate surface area is 166 Å². The molecule has 8 N–H and O–H groups in total. The number of pyridine rings is 2. The molecule has 16 nitrogen and oxygen atoms in total. The fourth-order valence-electron chi connectivity index (χ4n) is 1.28. The Morgan fingerprint density at radius 1 is 0.800 bits per heavy atom. The number of nitrogen functional groups attached to an aromatic ring is 2. The Hall–Kier alpha value is -4.44.